The smallest absolute Gasteiger partial charge is 0.276 e. The molecule has 150 valence electrons. The number of amides is 1. The fourth-order valence-electron chi connectivity index (χ4n) is 2.53. The minimum absolute atomic E-state index is 0.231. The number of hydrogen-bond acceptors (Lipinski definition) is 2. The van der Waals surface area contributed by atoms with E-state index < -0.39 is 0 Å². The van der Waals surface area contributed by atoms with Gasteiger partial charge in [0, 0.05) is 26.3 Å². The molecule has 0 spiro atoms. The summed E-state index contributed by atoms with van der Waals surface area (Å²) >= 11 is 17.1. The van der Waals surface area contributed by atoms with Crippen LogP contribution in [0.1, 0.15) is 26.3 Å². The highest BCUT2D eigenvalue weighted by molar-refractivity contribution is 6.55. The first kappa shape index (κ1) is 23.0. The summed E-state index contributed by atoms with van der Waals surface area (Å²) in [4.78, 5) is 18.9. The van der Waals surface area contributed by atoms with Gasteiger partial charge in [0.15, 0.2) is 0 Å². The van der Waals surface area contributed by atoms with Crippen LogP contribution in [0.5, 0.6) is 0 Å². The SMILES string of the molecule is C/C=C(\C)Cl.C=C(/C=C(\C)Cl)N1C(=O)C(=Nc2ccc(Cl)cc2)c2ccccc21. The van der Waals surface area contributed by atoms with E-state index in [2.05, 4.69) is 11.6 Å². The van der Waals surface area contributed by atoms with Crippen LogP contribution >= 0.6 is 34.8 Å². The quantitative estimate of drug-likeness (QED) is 0.445. The molecule has 0 saturated carbocycles. The number of hydrogen-bond donors (Lipinski definition) is 0. The molecule has 0 fully saturated rings. The van der Waals surface area contributed by atoms with Crippen LogP contribution in [0.3, 0.4) is 0 Å². The average molecular weight is 448 g/mol. The summed E-state index contributed by atoms with van der Waals surface area (Å²) in [5, 5.41) is 2.02. The van der Waals surface area contributed by atoms with Gasteiger partial charge in [-0.3, -0.25) is 9.69 Å². The number of aliphatic imine (C=N–C) groups is 1. The molecule has 0 N–H and O–H groups in total. The number of carbonyl (C=O) groups is 1. The molecule has 0 atom stereocenters. The van der Waals surface area contributed by atoms with Crippen LogP contribution in [0.25, 0.3) is 0 Å². The number of fused-ring (bicyclic) bond motifs is 1. The van der Waals surface area contributed by atoms with Gasteiger partial charge in [-0.1, -0.05) is 65.7 Å². The molecule has 0 saturated heterocycles. The van der Waals surface area contributed by atoms with Crippen LogP contribution in [0.4, 0.5) is 11.4 Å². The van der Waals surface area contributed by atoms with Crippen molar-refractivity contribution in [2.24, 2.45) is 4.99 Å². The molecule has 1 amide bonds. The van der Waals surface area contributed by atoms with Gasteiger partial charge in [0.25, 0.3) is 5.91 Å². The predicted octanol–water partition coefficient (Wildman–Crippen LogP) is 7.61. The van der Waals surface area contributed by atoms with Gasteiger partial charge in [-0.2, -0.15) is 0 Å². The summed E-state index contributed by atoms with van der Waals surface area (Å²) in [5.41, 5.74) is 3.04. The molecule has 3 nitrogen and oxygen atoms in total. The molecule has 0 aromatic heterocycles. The Labute approximate surface area is 186 Å². The third-order valence-corrected chi connectivity index (χ3v) is 4.50. The zero-order valence-corrected chi connectivity index (χ0v) is 18.7. The number of carbonyl (C=O) groups excluding carboxylic acids is 1. The molecule has 1 aliphatic heterocycles. The lowest BCUT2D eigenvalue weighted by Gasteiger charge is -2.16. The molecular weight excluding hydrogens is 427 g/mol. The number of para-hydroxylation sites is 1. The number of allylic oxidation sites excluding steroid dienone is 4. The van der Waals surface area contributed by atoms with Gasteiger partial charge in [0.2, 0.25) is 0 Å². The lowest BCUT2D eigenvalue weighted by Crippen LogP contribution is -2.28. The second-order valence-electron chi connectivity index (χ2n) is 6.19. The van der Waals surface area contributed by atoms with E-state index in [1.54, 1.807) is 37.3 Å². The predicted molar refractivity (Wildman–Crippen MR) is 126 cm³/mol. The summed E-state index contributed by atoms with van der Waals surface area (Å²) in [7, 11) is 0. The van der Waals surface area contributed by atoms with Gasteiger partial charge in [-0.05, 0) is 57.2 Å². The van der Waals surface area contributed by atoms with E-state index >= 15 is 0 Å². The lowest BCUT2D eigenvalue weighted by atomic mass is 10.1. The Morgan fingerprint density at radius 1 is 1.03 bits per heavy atom. The van der Waals surface area contributed by atoms with Crippen LogP contribution < -0.4 is 4.90 Å². The Morgan fingerprint density at radius 3 is 2.17 bits per heavy atom. The summed E-state index contributed by atoms with van der Waals surface area (Å²) in [6.45, 7) is 9.44. The van der Waals surface area contributed by atoms with E-state index in [-0.39, 0.29) is 5.91 Å². The van der Waals surface area contributed by atoms with E-state index in [0.717, 1.165) is 16.3 Å². The Hall–Kier alpha value is -2.33. The standard InChI is InChI=1S/C19H14Cl2N2O.C4H7Cl/c1-12(20)11-13(2)23-17-6-4-3-5-16(17)18(19(23)24)22-15-9-7-14(21)8-10-15;1-3-4(2)5/h3-11H,2H2,1H3;3H,1-2H3/b12-11+,22-18?;4-3+. The largest absolute Gasteiger partial charge is 0.282 e. The maximum Gasteiger partial charge on any atom is 0.282 e. The zero-order chi connectivity index (χ0) is 21.6. The molecule has 6 heteroatoms. The van der Waals surface area contributed by atoms with Gasteiger partial charge in [0.05, 0.1) is 11.4 Å². The first-order valence-electron chi connectivity index (χ1n) is 8.83. The van der Waals surface area contributed by atoms with Gasteiger partial charge < -0.3 is 0 Å². The molecule has 3 rings (SSSR count). The number of halogens is 3. The Kier molecular flexibility index (Phi) is 8.27. The molecule has 1 aliphatic rings. The fourth-order valence-corrected chi connectivity index (χ4v) is 2.78. The second-order valence-corrected chi connectivity index (χ2v) is 7.82. The highest BCUT2D eigenvalue weighted by Gasteiger charge is 2.34. The van der Waals surface area contributed by atoms with E-state index in [4.69, 9.17) is 34.8 Å². The van der Waals surface area contributed by atoms with Crippen molar-refractivity contribution in [3.63, 3.8) is 0 Å². The number of anilines is 1. The van der Waals surface area contributed by atoms with E-state index in [0.29, 0.717) is 27.2 Å². The van der Waals surface area contributed by atoms with Crippen molar-refractivity contribution in [2.45, 2.75) is 20.8 Å². The van der Waals surface area contributed by atoms with E-state index in [9.17, 15) is 4.79 Å². The summed E-state index contributed by atoms with van der Waals surface area (Å²) in [5.74, 6) is -0.231. The Morgan fingerprint density at radius 2 is 1.62 bits per heavy atom. The molecule has 29 heavy (non-hydrogen) atoms. The molecule has 0 aliphatic carbocycles. The van der Waals surface area contributed by atoms with Crippen LogP contribution in [-0.4, -0.2) is 11.6 Å². The van der Waals surface area contributed by atoms with Crippen molar-refractivity contribution in [1.29, 1.82) is 0 Å². The number of rotatable bonds is 3. The molecule has 1 heterocycles. The molecule has 0 unspecified atom stereocenters. The van der Waals surface area contributed by atoms with Crippen LogP contribution in [0, 0.1) is 0 Å². The van der Waals surface area contributed by atoms with Crippen LogP contribution in [-0.2, 0) is 4.79 Å². The topological polar surface area (TPSA) is 32.7 Å². The third-order valence-electron chi connectivity index (χ3n) is 3.92. The lowest BCUT2D eigenvalue weighted by molar-refractivity contribution is -0.111. The Bertz CT molecular complexity index is 997. The van der Waals surface area contributed by atoms with Crippen molar-refractivity contribution in [3.8, 4) is 0 Å². The van der Waals surface area contributed by atoms with Crippen molar-refractivity contribution >= 4 is 57.8 Å². The molecule has 0 radical (unpaired) electrons. The minimum atomic E-state index is -0.231. The summed E-state index contributed by atoms with van der Waals surface area (Å²) in [6, 6.07) is 14.5. The van der Waals surface area contributed by atoms with Gasteiger partial charge in [-0.25, -0.2) is 4.99 Å². The monoisotopic (exact) mass is 446 g/mol. The molecule has 0 bridgehead atoms. The Balaban J connectivity index is 0.000000537. The molecular formula is C23H21Cl3N2O. The third kappa shape index (κ3) is 6.07. The van der Waals surface area contributed by atoms with Crippen molar-refractivity contribution in [1.82, 2.24) is 0 Å². The molecule has 2 aromatic carbocycles. The normalized spacial score (nSPS) is 15.2. The summed E-state index contributed by atoms with van der Waals surface area (Å²) < 4.78 is 0. The maximum atomic E-state index is 12.9. The average Bonchev–Trinajstić information content (AvgIpc) is 2.95. The molecule has 2 aromatic rings. The van der Waals surface area contributed by atoms with Gasteiger partial charge in [-0.15, -0.1) is 0 Å². The first-order chi connectivity index (χ1) is 13.7. The highest BCUT2D eigenvalue weighted by Crippen LogP contribution is 2.34. The van der Waals surface area contributed by atoms with Crippen molar-refractivity contribution < 1.29 is 4.79 Å². The van der Waals surface area contributed by atoms with Gasteiger partial charge >= 0.3 is 0 Å². The van der Waals surface area contributed by atoms with Crippen LogP contribution in [0.2, 0.25) is 5.02 Å². The first-order valence-corrected chi connectivity index (χ1v) is 9.97. The fraction of sp³-hybridized carbons (Fsp3) is 0.130. The number of benzene rings is 2. The number of nitrogens with zero attached hydrogens (tertiary/aromatic N) is 2. The second kappa shape index (κ2) is 10.4. The zero-order valence-electron chi connectivity index (χ0n) is 16.4. The summed E-state index contributed by atoms with van der Waals surface area (Å²) in [6.07, 6.45) is 3.50. The van der Waals surface area contributed by atoms with E-state index in [1.807, 2.05) is 44.2 Å². The van der Waals surface area contributed by atoms with Gasteiger partial charge in [0.1, 0.15) is 5.71 Å². The van der Waals surface area contributed by atoms with Crippen molar-refractivity contribution in [2.75, 3.05) is 4.90 Å². The highest BCUT2D eigenvalue weighted by atomic mass is 35.5. The maximum absolute atomic E-state index is 12.9. The van der Waals surface area contributed by atoms with Crippen LogP contribution in [0.15, 0.2) is 88.0 Å². The minimum Gasteiger partial charge on any atom is -0.276 e. The van der Waals surface area contributed by atoms with Crippen molar-refractivity contribution in [3.05, 3.63) is 93.6 Å². The van der Waals surface area contributed by atoms with E-state index in [1.165, 1.54) is 4.90 Å².